The van der Waals surface area contributed by atoms with Gasteiger partial charge in [0.2, 0.25) is 5.91 Å². The van der Waals surface area contributed by atoms with E-state index in [0.29, 0.717) is 77.0 Å². The maximum absolute atomic E-state index is 13.4. The maximum atomic E-state index is 13.4. The van der Waals surface area contributed by atoms with Gasteiger partial charge in [-0.2, -0.15) is 56.9 Å². The number of carbonyl (C=O) groups excluding carboxylic acids is 1. The number of rotatable bonds is 26. The molecular formula is C69H85BrClF3N18O3S. The Labute approximate surface area is 578 Å². The summed E-state index contributed by atoms with van der Waals surface area (Å²) >= 11 is 8.82. The first-order valence-electron chi connectivity index (χ1n) is 31.6. The second-order valence-corrected chi connectivity index (χ2v) is 27.3. The molecule has 510 valence electrons. The molecule has 7 rings (SSSR count). The molecule has 4 aromatic heterocycles. The highest BCUT2D eigenvalue weighted by molar-refractivity contribution is 9.10. The van der Waals surface area contributed by atoms with Crippen molar-refractivity contribution in [3.8, 4) is 29.8 Å². The topological polar surface area (TPSA) is 277 Å². The molecule has 2 N–H and O–H groups in total. The van der Waals surface area contributed by atoms with Gasteiger partial charge in [-0.3, -0.25) is 4.79 Å². The molecule has 3 aromatic carbocycles. The standard InChI is InChI=1S/C40H48F3N9.C29H37BrClN9O.O2S/c1-11-51(20-12-19-44)29-16-17-31(33(22-29)47-32-21-27(14-13-26(32)2)39(9,10)25-37(3,4)5)48-49-36-30(23-45)35(38(6,7)8)50-52(36)34-18-15-28(24-46-34)40(41,42)43;1-5-6-7-8-9-10-17-39(18-11-16-32)22-12-13-23(24(19-22)33-21(4)41)34-37-29-27(30)28(20(2)3)38-40(29)26-15-14-25(31)35-36-26;1-3-2/h13-18,21-22,24,47H,11-12,20,25H2,1-10H3;12-15,19-20H,5-11,17-18H2,1-4H3,(H,33,41);. The Morgan fingerprint density at radius 1 is 0.708 bits per heavy atom. The van der Waals surface area contributed by atoms with Gasteiger partial charge in [-0.15, -0.1) is 30.7 Å². The molecule has 0 bridgehead atoms. The fraction of sp³-hybridized carbons (Fsp3) is 0.464. The van der Waals surface area contributed by atoms with E-state index in [4.69, 9.17) is 20.0 Å². The number of hydrogen-bond acceptors (Lipinski definition) is 18. The third kappa shape index (κ3) is 22.4. The van der Waals surface area contributed by atoms with E-state index in [2.05, 4.69) is 160 Å². The summed E-state index contributed by atoms with van der Waals surface area (Å²) in [6, 6.07) is 29.9. The van der Waals surface area contributed by atoms with Crippen LogP contribution in [0.4, 0.5) is 64.6 Å². The van der Waals surface area contributed by atoms with Crippen molar-refractivity contribution < 1.29 is 26.4 Å². The first kappa shape index (κ1) is 77.9. The molecule has 0 radical (unpaired) electrons. The number of aromatic nitrogens is 7. The van der Waals surface area contributed by atoms with E-state index in [-0.39, 0.29) is 45.0 Å². The smallest absolute Gasteiger partial charge is 0.371 e. The van der Waals surface area contributed by atoms with Gasteiger partial charge in [0, 0.05) is 61.8 Å². The van der Waals surface area contributed by atoms with Gasteiger partial charge in [-0.05, 0) is 137 Å². The summed E-state index contributed by atoms with van der Waals surface area (Å²) in [6.07, 6.45) is 5.03. The van der Waals surface area contributed by atoms with E-state index in [1.54, 1.807) is 16.8 Å². The van der Waals surface area contributed by atoms with Gasteiger partial charge in [-0.1, -0.05) is 132 Å². The fourth-order valence-corrected chi connectivity index (χ4v) is 11.5. The minimum absolute atomic E-state index is 0.0426. The van der Waals surface area contributed by atoms with Crippen LogP contribution in [0.3, 0.4) is 0 Å². The van der Waals surface area contributed by atoms with Crippen molar-refractivity contribution in [1.82, 2.24) is 34.7 Å². The van der Waals surface area contributed by atoms with Crippen molar-refractivity contribution >= 4 is 96.5 Å². The third-order valence-corrected chi connectivity index (χ3v) is 16.1. The van der Waals surface area contributed by atoms with E-state index in [1.807, 2.05) is 84.9 Å². The van der Waals surface area contributed by atoms with Crippen molar-refractivity contribution in [3.63, 3.8) is 0 Å². The Morgan fingerprint density at radius 2 is 1.28 bits per heavy atom. The third-order valence-electron chi connectivity index (χ3n) is 15.1. The number of halogens is 5. The van der Waals surface area contributed by atoms with Crippen molar-refractivity contribution in [2.45, 2.75) is 178 Å². The molecule has 7 aromatic rings. The normalized spacial score (nSPS) is 11.7. The fourth-order valence-electron chi connectivity index (χ4n) is 10.7. The number of unbranched alkanes of at least 4 members (excludes halogenated alkanes) is 5. The molecule has 0 saturated heterocycles. The zero-order chi connectivity index (χ0) is 71.1. The zero-order valence-corrected chi connectivity index (χ0v) is 60.2. The number of alkyl halides is 3. The summed E-state index contributed by atoms with van der Waals surface area (Å²) < 4.78 is 60.1. The molecule has 0 spiro atoms. The number of aryl methyl sites for hydroxylation is 1. The van der Waals surface area contributed by atoms with Gasteiger partial charge in [0.05, 0.1) is 57.8 Å². The molecule has 0 atom stereocenters. The average molecular weight is 1420 g/mol. The number of anilines is 5. The highest BCUT2D eigenvalue weighted by Crippen LogP contribution is 2.43. The SMILES string of the molecule is CCCCCCCCN(CCC#N)c1ccc(N=Nc2c(Br)c(C(C)C)nn2-c2ccc(Cl)nn2)c(NC(C)=O)c1.CCN(CCC#N)c1ccc(N=Nc2c(C#N)c(C(C)(C)C)nn2-c2ccc(C(F)(F)F)cn2)c(Nc2cc(C(C)(C)CC(C)(C)C)ccc2C)c1.O=S=O. The van der Waals surface area contributed by atoms with E-state index in [0.717, 1.165) is 66.4 Å². The van der Waals surface area contributed by atoms with E-state index >= 15 is 0 Å². The molecule has 96 heavy (non-hydrogen) atoms. The highest BCUT2D eigenvalue weighted by atomic mass is 79.9. The molecule has 0 aliphatic carbocycles. The Balaban J connectivity index is 0.000000342. The summed E-state index contributed by atoms with van der Waals surface area (Å²) in [4.78, 5) is 20.4. The zero-order valence-electron chi connectivity index (χ0n) is 57.0. The Hall–Kier alpha value is -8.77. The van der Waals surface area contributed by atoms with Crippen LogP contribution >= 0.6 is 27.5 Å². The minimum atomic E-state index is -4.57. The minimum Gasteiger partial charge on any atom is -0.371 e. The lowest BCUT2D eigenvalue weighted by Gasteiger charge is -2.33. The van der Waals surface area contributed by atoms with Crippen LogP contribution in [0.5, 0.6) is 0 Å². The van der Waals surface area contributed by atoms with Crippen LogP contribution in [0.2, 0.25) is 5.15 Å². The monoisotopic (exact) mass is 1420 g/mol. The van der Waals surface area contributed by atoms with E-state index < -0.39 is 28.7 Å². The van der Waals surface area contributed by atoms with Crippen LogP contribution in [-0.4, -0.2) is 75.2 Å². The molecule has 21 nitrogen and oxygen atoms in total. The van der Waals surface area contributed by atoms with Crippen molar-refractivity contribution in [2.24, 2.45) is 25.9 Å². The molecule has 0 aliphatic heterocycles. The first-order valence-corrected chi connectivity index (χ1v) is 33.5. The van der Waals surface area contributed by atoms with E-state index in [9.17, 15) is 33.8 Å². The molecule has 4 heterocycles. The Bertz CT molecular complexity index is 3980. The number of pyridine rings is 1. The summed E-state index contributed by atoms with van der Waals surface area (Å²) in [6.45, 7) is 31.3. The maximum Gasteiger partial charge on any atom is 0.417 e. The quantitative estimate of drug-likeness (QED) is 0.0377. The number of amides is 1. The highest BCUT2D eigenvalue weighted by Gasteiger charge is 2.33. The lowest BCUT2D eigenvalue weighted by atomic mass is 9.72. The van der Waals surface area contributed by atoms with Crippen LogP contribution in [0.1, 0.15) is 187 Å². The average Bonchev–Trinajstić information content (AvgIpc) is 1.59. The van der Waals surface area contributed by atoms with Gasteiger partial charge in [-0.25, -0.2) is 4.98 Å². The van der Waals surface area contributed by atoms with Gasteiger partial charge in [0.1, 0.15) is 23.0 Å². The first-order chi connectivity index (χ1) is 45.3. The number of nitrogens with one attached hydrogen (secondary N) is 2. The van der Waals surface area contributed by atoms with E-state index in [1.165, 1.54) is 48.9 Å². The van der Waals surface area contributed by atoms with Gasteiger partial charge >= 0.3 is 17.7 Å². The van der Waals surface area contributed by atoms with Crippen LogP contribution in [0.25, 0.3) is 11.6 Å². The molecular weight excluding hydrogens is 1330 g/mol. The summed E-state index contributed by atoms with van der Waals surface area (Å²) in [5.74, 6) is 0.867. The molecule has 0 saturated carbocycles. The number of nitriles is 3. The predicted octanol–water partition coefficient (Wildman–Crippen LogP) is 19.4. The predicted molar refractivity (Wildman–Crippen MR) is 376 cm³/mol. The van der Waals surface area contributed by atoms with Crippen LogP contribution in [0.15, 0.2) is 110 Å². The lowest BCUT2D eigenvalue weighted by molar-refractivity contribution is -0.137. The Morgan fingerprint density at radius 3 is 1.82 bits per heavy atom. The van der Waals surface area contributed by atoms with Gasteiger partial charge < -0.3 is 20.4 Å². The number of benzene rings is 3. The number of carbonyl (C=O) groups is 1. The van der Waals surface area contributed by atoms with Crippen LogP contribution in [0, 0.1) is 46.3 Å². The second kappa shape index (κ2) is 35.8. The largest absolute Gasteiger partial charge is 0.417 e. The number of hydrogen-bond donors (Lipinski definition) is 2. The summed E-state index contributed by atoms with van der Waals surface area (Å²) in [5.41, 5.74) is 6.83. The van der Waals surface area contributed by atoms with Crippen LogP contribution in [-0.2, 0) is 33.4 Å². The Kier molecular flexibility index (Phi) is 29.1. The molecule has 27 heteroatoms. The van der Waals surface area contributed by atoms with Crippen molar-refractivity contribution in [1.29, 1.82) is 15.8 Å². The van der Waals surface area contributed by atoms with Gasteiger partial charge in [0.25, 0.3) is 0 Å². The molecule has 0 aliphatic rings. The molecule has 1 amide bonds. The van der Waals surface area contributed by atoms with Gasteiger partial charge in [0.15, 0.2) is 28.4 Å². The molecule has 0 unspecified atom stereocenters. The second-order valence-electron chi connectivity index (χ2n) is 26.0. The summed E-state index contributed by atoms with van der Waals surface area (Å²) in [5, 5.41) is 71.1. The van der Waals surface area contributed by atoms with Crippen molar-refractivity contribution in [3.05, 3.63) is 128 Å². The number of nitrogens with zero attached hydrogens (tertiary/aromatic N) is 16. The summed E-state index contributed by atoms with van der Waals surface area (Å²) in [7, 11) is 0. The van der Waals surface area contributed by atoms with Crippen LogP contribution < -0.4 is 20.4 Å². The lowest BCUT2D eigenvalue weighted by Crippen LogP contribution is -2.25. The van der Waals surface area contributed by atoms with Crippen molar-refractivity contribution in [2.75, 3.05) is 46.6 Å². The molecule has 0 fully saturated rings. The number of azo groups is 2.